The molecule has 0 aliphatic heterocycles. The van der Waals surface area contributed by atoms with Crippen molar-refractivity contribution in [3.05, 3.63) is 47.7 Å². The summed E-state index contributed by atoms with van der Waals surface area (Å²) in [5.41, 5.74) is 4.15. The predicted octanol–water partition coefficient (Wildman–Crippen LogP) is 3.37. The van der Waals surface area contributed by atoms with Gasteiger partial charge in [0, 0.05) is 24.8 Å². The van der Waals surface area contributed by atoms with E-state index in [-0.39, 0.29) is 0 Å². The highest BCUT2D eigenvalue weighted by atomic mass is 14.8. The second-order valence-electron chi connectivity index (χ2n) is 4.76. The molecule has 88 valence electrons. The summed E-state index contributed by atoms with van der Waals surface area (Å²) in [4.78, 5) is 3.25. The molecule has 2 N–H and O–H groups in total. The van der Waals surface area contributed by atoms with Crippen molar-refractivity contribution in [2.45, 2.75) is 25.8 Å². The molecule has 0 spiro atoms. The van der Waals surface area contributed by atoms with Crippen molar-refractivity contribution in [2.24, 2.45) is 0 Å². The maximum absolute atomic E-state index is 3.52. The van der Waals surface area contributed by atoms with E-state index in [4.69, 9.17) is 0 Å². The van der Waals surface area contributed by atoms with E-state index >= 15 is 0 Å². The molecule has 0 unspecified atom stereocenters. The van der Waals surface area contributed by atoms with Gasteiger partial charge in [-0.1, -0.05) is 23.8 Å². The minimum atomic E-state index is 0.951. The number of hydrogen-bond acceptors (Lipinski definition) is 1. The van der Waals surface area contributed by atoms with Crippen LogP contribution in [-0.4, -0.2) is 11.5 Å². The number of H-pyrrole nitrogens is 1. The number of allylic oxidation sites excluding steroid dienone is 1. The van der Waals surface area contributed by atoms with Gasteiger partial charge in [0.1, 0.15) is 0 Å². The van der Waals surface area contributed by atoms with Gasteiger partial charge in [-0.3, -0.25) is 0 Å². The quantitative estimate of drug-likeness (QED) is 0.769. The molecule has 1 aromatic carbocycles. The molecule has 1 aliphatic carbocycles. The molecule has 1 aromatic heterocycles. The number of hydrogen-bond donors (Lipinski definition) is 2. The molecule has 0 atom stereocenters. The minimum absolute atomic E-state index is 0.951. The van der Waals surface area contributed by atoms with Gasteiger partial charge in [-0.15, -0.1) is 0 Å². The summed E-state index contributed by atoms with van der Waals surface area (Å²) in [5, 5.41) is 4.80. The van der Waals surface area contributed by atoms with Crippen molar-refractivity contribution in [3.63, 3.8) is 0 Å². The molecule has 2 nitrogen and oxygen atoms in total. The van der Waals surface area contributed by atoms with E-state index in [0.29, 0.717) is 0 Å². The molecule has 3 rings (SSSR count). The lowest BCUT2D eigenvalue weighted by atomic mass is 10.1. The van der Waals surface area contributed by atoms with E-state index in [1.165, 1.54) is 35.7 Å². The van der Waals surface area contributed by atoms with Gasteiger partial charge in [-0.25, -0.2) is 0 Å². The van der Waals surface area contributed by atoms with Crippen LogP contribution in [0, 0.1) is 0 Å². The van der Waals surface area contributed by atoms with Crippen LogP contribution in [0.5, 0.6) is 0 Å². The Morgan fingerprint density at radius 1 is 1.18 bits per heavy atom. The average Bonchev–Trinajstić information content (AvgIpc) is 2.98. The fraction of sp³-hybridized carbons (Fsp3) is 0.333. The molecule has 1 aliphatic rings. The lowest BCUT2D eigenvalue weighted by Gasteiger charge is -2.06. The van der Waals surface area contributed by atoms with Crippen molar-refractivity contribution in [3.8, 4) is 0 Å². The number of benzene rings is 1. The number of aromatic nitrogens is 1. The maximum Gasteiger partial charge on any atom is 0.0457 e. The summed E-state index contributed by atoms with van der Waals surface area (Å²) >= 11 is 0. The Labute approximate surface area is 102 Å². The lowest BCUT2D eigenvalue weighted by Crippen LogP contribution is -2.15. The maximum atomic E-state index is 3.52. The fourth-order valence-electron chi connectivity index (χ4n) is 2.47. The molecule has 0 saturated carbocycles. The van der Waals surface area contributed by atoms with Crippen LogP contribution in [-0.2, 0) is 6.54 Å². The summed E-state index contributed by atoms with van der Waals surface area (Å²) in [7, 11) is 0. The van der Waals surface area contributed by atoms with Gasteiger partial charge in [0.2, 0.25) is 0 Å². The first-order valence-corrected chi connectivity index (χ1v) is 6.36. The van der Waals surface area contributed by atoms with E-state index in [1.807, 2.05) is 6.20 Å². The molecule has 17 heavy (non-hydrogen) atoms. The molecule has 0 saturated heterocycles. The lowest BCUT2D eigenvalue weighted by molar-refractivity contribution is 0.723. The largest absolute Gasteiger partial charge is 0.361 e. The zero-order valence-electron chi connectivity index (χ0n) is 10.00. The zero-order valence-corrected chi connectivity index (χ0v) is 10.00. The van der Waals surface area contributed by atoms with E-state index < -0.39 is 0 Å². The first kappa shape index (κ1) is 10.6. The van der Waals surface area contributed by atoms with Crippen LogP contribution in [0.4, 0.5) is 0 Å². The SMILES string of the molecule is C1=C(CNCc2ccc3cc[nH]c3c2)CCC1. The minimum Gasteiger partial charge on any atom is -0.361 e. The molecular weight excluding hydrogens is 208 g/mol. The van der Waals surface area contributed by atoms with Crippen LogP contribution in [0.25, 0.3) is 10.9 Å². The monoisotopic (exact) mass is 226 g/mol. The summed E-state index contributed by atoms with van der Waals surface area (Å²) in [6, 6.07) is 8.71. The summed E-state index contributed by atoms with van der Waals surface area (Å²) < 4.78 is 0. The molecule has 0 amide bonds. The standard InChI is InChI=1S/C15H18N2/c1-2-4-12(3-1)10-16-11-13-5-6-14-7-8-17-15(14)9-13/h3,5-9,16-17H,1-2,4,10-11H2. The molecule has 0 bridgehead atoms. The summed E-state index contributed by atoms with van der Waals surface area (Å²) in [6.45, 7) is 2.00. The Bertz CT molecular complexity index is 537. The van der Waals surface area contributed by atoms with Crippen LogP contribution >= 0.6 is 0 Å². The number of aromatic amines is 1. The highest BCUT2D eigenvalue weighted by molar-refractivity contribution is 5.79. The predicted molar refractivity (Wildman–Crippen MR) is 71.9 cm³/mol. The second kappa shape index (κ2) is 4.76. The van der Waals surface area contributed by atoms with E-state index in [0.717, 1.165) is 13.1 Å². The number of rotatable bonds is 4. The van der Waals surface area contributed by atoms with Crippen molar-refractivity contribution < 1.29 is 0 Å². The first-order valence-electron chi connectivity index (χ1n) is 6.36. The summed E-state index contributed by atoms with van der Waals surface area (Å²) in [6.07, 6.45) is 8.26. The number of nitrogens with one attached hydrogen (secondary N) is 2. The van der Waals surface area contributed by atoms with Crippen molar-refractivity contribution >= 4 is 10.9 Å². The van der Waals surface area contributed by atoms with Gasteiger partial charge in [-0.05, 0) is 42.3 Å². The first-order chi connectivity index (χ1) is 8.42. The van der Waals surface area contributed by atoms with Crippen LogP contribution in [0.2, 0.25) is 0 Å². The molecule has 2 heteroatoms. The third-order valence-electron chi connectivity index (χ3n) is 3.44. The number of fused-ring (bicyclic) bond motifs is 1. The van der Waals surface area contributed by atoms with Crippen LogP contribution in [0.3, 0.4) is 0 Å². The van der Waals surface area contributed by atoms with E-state index in [1.54, 1.807) is 5.57 Å². The normalized spacial score (nSPS) is 15.4. The molecular formula is C15H18N2. The molecule has 2 aromatic rings. The van der Waals surface area contributed by atoms with E-state index in [9.17, 15) is 0 Å². The van der Waals surface area contributed by atoms with Crippen LogP contribution in [0.15, 0.2) is 42.1 Å². The highest BCUT2D eigenvalue weighted by Gasteiger charge is 2.03. The molecule has 0 radical (unpaired) electrons. The zero-order chi connectivity index (χ0) is 11.5. The van der Waals surface area contributed by atoms with Gasteiger partial charge in [-0.2, -0.15) is 0 Å². The molecule has 1 heterocycles. The molecule has 0 fully saturated rings. The topological polar surface area (TPSA) is 27.8 Å². The Morgan fingerprint density at radius 2 is 2.18 bits per heavy atom. The average molecular weight is 226 g/mol. The smallest absolute Gasteiger partial charge is 0.0457 e. The highest BCUT2D eigenvalue weighted by Crippen LogP contribution is 2.17. The van der Waals surface area contributed by atoms with Gasteiger partial charge in [0.25, 0.3) is 0 Å². The van der Waals surface area contributed by atoms with Crippen LogP contribution < -0.4 is 5.32 Å². The van der Waals surface area contributed by atoms with E-state index in [2.05, 4.69) is 40.6 Å². The summed E-state index contributed by atoms with van der Waals surface area (Å²) in [5.74, 6) is 0. The van der Waals surface area contributed by atoms with Crippen molar-refractivity contribution in [1.29, 1.82) is 0 Å². The van der Waals surface area contributed by atoms with Crippen molar-refractivity contribution in [1.82, 2.24) is 10.3 Å². The third kappa shape index (κ3) is 2.42. The van der Waals surface area contributed by atoms with Crippen LogP contribution in [0.1, 0.15) is 24.8 Å². The van der Waals surface area contributed by atoms with Gasteiger partial charge < -0.3 is 10.3 Å². The van der Waals surface area contributed by atoms with Gasteiger partial charge >= 0.3 is 0 Å². The third-order valence-corrected chi connectivity index (χ3v) is 3.44. The second-order valence-corrected chi connectivity index (χ2v) is 4.76. The Morgan fingerprint density at radius 3 is 3.06 bits per heavy atom. The van der Waals surface area contributed by atoms with Gasteiger partial charge in [0.05, 0.1) is 0 Å². The Balaban J connectivity index is 1.60. The van der Waals surface area contributed by atoms with Gasteiger partial charge in [0.15, 0.2) is 0 Å². The Hall–Kier alpha value is -1.54. The Kier molecular flexibility index (Phi) is 2.97. The fourth-order valence-corrected chi connectivity index (χ4v) is 2.47. The van der Waals surface area contributed by atoms with Crippen molar-refractivity contribution in [2.75, 3.05) is 6.54 Å².